The third-order valence-electron chi connectivity index (χ3n) is 2.17. The number of benzene rings is 1. The molecule has 16 heavy (non-hydrogen) atoms. The SMILES string of the molecule is CCOc1ccccc1NC(=O)C(C)OC. The molecular formula is C12H17NO3. The van der Waals surface area contributed by atoms with Crippen molar-refractivity contribution in [1.29, 1.82) is 0 Å². The van der Waals surface area contributed by atoms with Crippen molar-refractivity contribution in [2.45, 2.75) is 20.0 Å². The van der Waals surface area contributed by atoms with Crippen LogP contribution in [0.5, 0.6) is 5.75 Å². The summed E-state index contributed by atoms with van der Waals surface area (Å²) >= 11 is 0. The van der Waals surface area contributed by atoms with Gasteiger partial charge in [0.1, 0.15) is 11.9 Å². The second kappa shape index (κ2) is 6.12. The topological polar surface area (TPSA) is 47.6 Å². The molecule has 0 radical (unpaired) electrons. The molecule has 0 aliphatic carbocycles. The van der Waals surface area contributed by atoms with Crippen LogP contribution in [0.4, 0.5) is 5.69 Å². The molecule has 0 aliphatic rings. The Morgan fingerprint density at radius 2 is 2.12 bits per heavy atom. The van der Waals surface area contributed by atoms with Gasteiger partial charge in [-0.05, 0) is 26.0 Å². The van der Waals surface area contributed by atoms with Crippen LogP contribution in [0.1, 0.15) is 13.8 Å². The lowest BCUT2D eigenvalue weighted by atomic mass is 10.2. The molecule has 0 bridgehead atoms. The minimum Gasteiger partial charge on any atom is -0.492 e. The summed E-state index contributed by atoms with van der Waals surface area (Å²) in [7, 11) is 1.50. The third-order valence-corrected chi connectivity index (χ3v) is 2.17. The monoisotopic (exact) mass is 223 g/mol. The number of anilines is 1. The molecule has 0 saturated heterocycles. The number of nitrogens with one attached hydrogen (secondary N) is 1. The lowest BCUT2D eigenvalue weighted by molar-refractivity contribution is -0.124. The van der Waals surface area contributed by atoms with Crippen LogP contribution in [0.3, 0.4) is 0 Å². The predicted octanol–water partition coefficient (Wildman–Crippen LogP) is 2.06. The number of ether oxygens (including phenoxy) is 2. The highest BCUT2D eigenvalue weighted by molar-refractivity contribution is 5.95. The fourth-order valence-corrected chi connectivity index (χ4v) is 1.19. The summed E-state index contributed by atoms with van der Waals surface area (Å²) in [6, 6.07) is 7.32. The zero-order chi connectivity index (χ0) is 12.0. The Hall–Kier alpha value is -1.55. The Labute approximate surface area is 95.6 Å². The first-order valence-electron chi connectivity index (χ1n) is 5.24. The first-order chi connectivity index (χ1) is 7.69. The van der Waals surface area contributed by atoms with E-state index in [1.807, 2.05) is 25.1 Å². The lowest BCUT2D eigenvalue weighted by Gasteiger charge is -2.13. The van der Waals surface area contributed by atoms with Gasteiger partial charge in [-0.2, -0.15) is 0 Å². The number of hydrogen-bond donors (Lipinski definition) is 1. The van der Waals surface area contributed by atoms with Gasteiger partial charge in [-0.25, -0.2) is 0 Å². The minimum atomic E-state index is -0.477. The van der Waals surface area contributed by atoms with Gasteiger partial charge in [0, 0.05) is 7.11 Å². The van der Waals surface area contributed by atoms with Crippen LogP contribution in [0, 0.1) is 0 Å². The first-order valence-corrected chi connectivity index (χ1v) is 5.24. The van der Waals surface area contributed by atoms with Gasteiger partial charge in [-0.3, -0.25) is 4.79 Å². The zero-order valence-electron chi connectivity index (χ0n) is 9.82. The molecule has 0 fully saturated rings. The maximum atomic E-state index is 11.6. The molecule has 1 rings (SSSR count). The fraction of sp³-hybridized carbons (Fsp3) is 0.417. The zero-order valence-corrected chi connectivity index (χ0v) is 9.82. The van der Waals surface area contributed by atoms with E-state index in [1.54, 1.807) is 13.0 Å². The van der Waals surface area contributed by atoms with E-state index in [-0.39, 0.29) is 5.91 Å². The van der Waals surface area contributed by atoms with E-state index in [4.69, 9.17) is 9.47 Å². The summed E-state index contributed by atoms with van der Waals surface area (Å²) in [6.07, 6.45) is -0.477. The molecule has 1 amide bonds. The second-order valence-electron chi connectivity index (χ2n) is 3.30. The van der Waals surface area contributed by atoms with Crippen LogP contribution in [0.25, 0.3) is 0 Å². The first kappa shape index (κ1) is 12.5. The van der Waals surface area contributed by atoms with Gasteiger partial charge < -0.3 is 14.8 Å². The van der Waals surface area contributed by atoms with Crippen molar-refractivity contribution in [2.24, 2.45) is 0 Å². The van der Waals surface area contributed by atoms with Crippen molar-refractivity contribution in [3.63, 3.8) is 0 Å². The predicted molar refractivity (Wildman–Crippen MR) is 62.7 cm³/mol. The molecule has 0 aliphatic heterocycles. The molecule has 1 unspecified atom stereocenters. The maximum Gasteiger partial charge on any atom is 0.253 e. The normalized spacial score (nSPS) is 11.9. The summed E-state index contributed by atoms with van der Waals surface area (Å²) in [5, 5.41) is 2.76. The van der Waals surface area contributed by atoms with E-state index in [1.165, 1.54) is 7.11 Å². The Balaban J connectivity index is 2.76. The molecule has 4 heteroatoms. The van der Waals surface area contributed by atoms with Crippen molar-refractivity contribution in [1.82, 2.24) is 0 Å². The summed E-state index contributed by atoms with van der Waals surface area (Å²) in [5.74, 6) is 0.483. The molecule has 0 heterocycles. The van der Waals surface area contributed by atoms with Crippen LogP contribution >= 0.6 is 0 Å². The van der Waals surface area contributed by atoms with Gasteiger partial charge in [0.15, 0.2) is 0 Å². The maximum absolute atomic E-state index is 11.6. The van der Waals surface area contributed by atoms with Crippen LogP contribution in [-0.4, -0.2) is 25.7 Å². The van der Waals surface area contributed by atoms with Gasteiger partial charge >= 0.3 is 0 Å². The van der Waals surface area contributed by atoms with Crippen LogP contribution in [-0.2, 0) is 9.53 Å². The molecular weight excluding hydrogens is 206 g/mol. The summed E-state index contributed by atoms with van der Waals surface area (Å²) in [6.45, 7) is 4.15. The van der Waals surface area contributed by atoms with E-state index in [0.717, 1.165) is 0 Å². The number of amides is 1. The van der Waals surface area contributed by atoms with Crippen LogP contribution in [0.15, 0.2) is 24.3 Å². The Morgan fingerprint density at radius 1 is 1.44 bits per heavy atom. The number of methoxy groups -OCH3 is 1. The molecule has 88 valence electrons. The van der Waals surface area contributed by atoms with Gasteiger partial charge in [0.2, 0.25) is 0 Å². The van der Waals surface area contributed by atoms with E-state index >= 15 is 0 Å². The highest BCUT2D eigenvalue weighted by Crippen LogP contribution is 2.23. The van der Waals surface area contributed by atoms with Crippen LogP contribution in [0.2, 0.25) is 0 Å². The van der Waals surface area contributed by atoms with Gasteiger partial charge in [0.25, 0.3) is 5.91 Å². The number of para-hydroxylation sites is 2. The van der Waals surface area contributed by atoms with E-state index in [0.29, 0.717) is 18.0 Å². The van der Waals surface area contributed by atoms with E-state index in [9.17, 15) is 4.79 Å². The number of carbonyl (C=O) groups is 1. The number of rotatable bonds is 5. The van der Waals surface area contributed by atoms with Crippen molar-refractivity contribution in [3.05, 3.63) is 24.3 Å². The molecule has 1 atom stereocenters. The Morgan fingerprint density at radius 3 is 2.75 bits per heavy atom. The molecule has 1 aromatic carbocycles. The molecule has 1 N–H and O–H groups in total. The minimum absolute atomic E-state index is 0.186. The van der Waals surface area contributed by atoms with Crippen molar-refractivity contribution in [3.8, 4) is 5.75 Å². The number of carbonyl (C=O) groups excluding carboxylic acids is 1. The van der Waals surface area contributed by atoms with Gasteiger partial charge in [-0.1, -0.05) is 12.1 Å². The average molecular weight is 223 g/mol. The average Bonchev–Trinajstić information content (AvgIpc) is 2.31. The van der Waals surface area contributed by atoms with Crippen molar-refractivity contribution in [2.75, 3.05) is 19.0 Å². The van der Waals surface area contributed by atoms with Crippen LogP contribution < -0.4 is 10.1 Å². The standard InChI is InChI=1S/C12H17NO3/c1-4-16-11-8-6-5-7-10(11)13-12(14)9(2)15-3/h5-9H,4H2,1-3H3,(H,13,14). The molecule has 0 saturated carbocycles. The fourth-order valence-electron chi connectivity index (χ4n) is 1.19. The smallest absolute Gasteiger partial charge is 0.253 e. The quantitative estimate of drug-likeness (QED) is 0.831. The Kier molecular flexibility index (Phi) is 4.79. The second-order valence-corrected chi connectivity index (χ2v) is 3.30. The molecule has 1 aromatic rings. The summed E-state index contributed by atoms with van der Waals surface area (Å²) < 4.78 is 10.3. The molecule has 4 nitrogen and oxygen atoms in total. The van der Waals surface area contributed by atoms with E-state index in [2.05, 4.69) is 5.32 Å². The summed E-state index contributed by atoms with van der Waals surface area (Å²) in [4.78, 5) is 11.6. The molecule has 0 aromatic heterocycles. The summed E-state index contributed by atoms with van der Waals surface area (Å²) in [5.41, 5.74) is 0.665. The van der Waals surface area contributed by atoms with Crippen molar-refractivity contribution >= 4 is 11.6 Å². The highest BCUT2D eigenvalue weighted by Gasteiger charge is 2.13. The van der Waals surface area contributed by atoms with Crippen molar-refractivity contribution < 1.29 is 14.3 Å². The molecule has 0 spiro atoms. The Bertz CT molecular complexity index is 352. The highest BCUT2D eigenvalue weighted by atomic mass is 16.5. The lowest BCUT2D eigenvalue weighted by Crippen LogP contribution is -2.26. The van der Waals surface area contributed by atoms with E-state index < -0.39 is 6.10 Å². The number of hydrogen-bond acceptors (Lipinski definition) is 3. The largest absolute Gasteiger partial charge is 0.492 e. The van der Waals surface area contributed by atoms with Gasteiger partial charge in [0.05, 0.1) is 12.3 Å². The van der Waals surface area contributed by atoms with Gasteiger partial charge in [-0.15, -0.1) is 0 Å². The third kappa shape index (κ3) is 3.24.